The van der Waals surface area contributed by atoms with Crippen molar-refractivity contribution in [3.63, 3.8) is 0 Å². The van der Waals surface area contributed by atoms with Gasteiger partial charge in [0, 0.05) is 32.1 Å². The van der Waals surface area contributed by atoms with Gasteiger partial charge in [-0.15, -0.1) is 5.10 Å². The summed E-state index contributed by atoms with van der Waals surface area (Å²) in [6.07, 6.45) is 0.220. The molecule has 0 aliphatic heterocycles. The summed E-state index contributed by atoms with van der Waals surface area (Å²) in [7, 11) is 5.73. The van der Waals surface area contributed by atoms with Crippen LogP contribution in [0.3, 0.4) is 0 Å². The average molecular weight is 449 g/mol. The molecule has 2 aromatic heterocycles. The molecule has 0 aliphatic carbocycles. The van der Waals surface area contributed by atoms with Crippen molar-refractivity contribution in [3.05, 3.63) is 71.3 Å². The standard InChI is InChI=1S/C25H29FN6O/c1-16-23-17(2)32(30-24(23)25(29-28-16)31(4)5)18-9-8-10-19(15-18)33-22(13-14-27-3)20-11-6-7-12-21(20)26/h6-12,15,22,27H,13-14H2,1-5H3/t22-/m1/s1. The minimum Gasteiger partial charge on any atom is -0.486 e. The highest BCUT2D eigenvalue weighted by molar-refractivity contribution is 5.92. The van der Waals surface area contributed by atoms with E-state index in [1.807, 2.05) is 74.9 Å². The first kappa shape index (κ1) is 22.7. The van der Waals surface area contributed by atoms with Crippen LogP contribution >= 0.6 is 0 Å². The van der Waals surface area contributed by atoms with Crippen LogP contribution in [0.1, 0.15) is 29.5 Å². The highest BCUT2D eigenvalue weighted by Gasteiger charge is 2.20. The number of fused-ring (bicyclic) bond motifs is 1. The zero-order chi connectivity index (χ0) is 23.5. The molecule has 1 atom stereocenters. The molecule has 2 aromatic carbocycles. The van der Waals surface area contributed by atoms with Crippen molar-refractivity contribution < 1.29 is 9.13 Å². The molecular weight excluding hydrogens is 419 g/mol. The number of halogens is 1. The summed E-state index contributed by atoms with van der Waals surface area (Å²) in [6.45, 7) is 4.66. The fourth-order valence-corrected chi connectivity index (χ4v) is 4.01. The van der Waals surface area contributed by atoms with Gasteiger partial charge in [-0.05, 0) is 45.6 Å². The second-order valence-electron chi connectivity index (χ2n) is 8.24. The van der Waals surface area contributed by atoms with E-state index in [1.165, 1.54) is 6.07 Å². The highest BCUT2D eigenvalue weighted by Crippen LogP contribution is 2.31. The summed E-state index contributed by atoms with van der Waals surface area (Å²) in [5.41, 5.74) is 4.00. The van der Waals surface area contributed by atoms with Crippen LogP contribution in [-0.2, 0) is 0 Å². The van der Waals surface area contributed by atoms with Gasteiger partial charge in [0.05, 0.1) is 22.5 Å². The zero-order valence-electron chi connectivity index (χ0n) is 19.6. The number of aromatic nitrogens is 4. The van der Waals surface area contributed by atoms with E-state index in [0.29, 0.717) is 24.3 Å². The van der Waals surface area contributed by atoms with Crippen molar-refractivity contribution in [3.8, 4) is 11.4 Å². The van der Waals surface area contributed by atoms with Crippen LogP contribution < -0.4 is 15.0 Å². The number of nitrogens with zero attached hydrogens (tertiary/aromatic N) is 5. The largest absolute Gasteiger partial charge is 0.486 e. The molecule has 0 radical (unpaired) electrons. The summed E-state index contributed by atoms with van der Waals surface area (Å²) in [6, 6.07) is 14.5. The molecule has 0 spiro atoms. The third-order valence-electron chi connectivity index (χ3n) is 5.66. The summed E-state index contributed by atoms with van der Waals surface area (Å²) in [4.78, 5) is 1.91. The minimum atomic E-state index is -0.414. The van der Waals surface area contributed by atoms with Crippen LogP contribution in [-0.4, -0.2) is 47.7 Å². The predicted molar refractivity (Wildman–Crippen MR) is 129 cm³/mol. The molecule has 172 valence electrons. The first-order chi connectivity index (χ1) is 15.9. The Kier molecular flexibility index (Phi) is 6.55. The Morgan fingerprint density at radius 2 is 1.88 bits per heavy atom. The molecule has 8 heteroatoms. The molecule has 0 saturated carbocycles. The third kappa shape index (κ3) is 4.52. The van der Waals surface area contributed by atoms with Gasteiger partial charge in [-0.3, -0.25) is 0 Å². The first-order valence-corrected chi connectivity index (χ1v) is 11.0. The van der Waals surface area contributed by atoms with Crippen molar-refractivity contribution in [1.29, 1.82) is 0 Å². The number of benzene rings is 2. The number of nitrogens with one attached hydrogen (secondary N) is 1. The molecule has 4 rings (SSSR count). The van der Waals surface area contributed by atoms with E-state index in [0.717, 1.165) is 33.8 Å². The first-order valence-electron chi connectivity index (χ1n) is 11.0. The Bertz CT molecular complexity index is 1270. The molecule has 2 heterocycles. The number of aryl methyl sites for hydroxylation is 2. The Morgan fingerprint density at radius 1 is 1.09 bits per heavy atom. The Morgan fingerprint density at radius 3 is 2.61 bits per heavy atom. The lowest BCUT2D eigenvalue weighted by molar-refractivity contribution is 0.190. The Labute approximate surface area is 193 Å². The smallest absolute Gasteiger partial charge is 0.179 e. The summed E-state index contributed by atoms with van der Waals surface area (Å²) >= 11 is 0. The second kappa shape index (κ2) is 9.54. The van der Waals surface area contributed by atoms with Crippen LogP contribution in [0.5, 0.6) is 5.75 Å². The quantitative estimate of drug-likeness (QED) is 0.432. The van der Waals surface area contributed by atoms with Crippen molar-refractivity contribution >= 4 is 16.7 Å². The second-order valence-corrected chi connectivity index (χ2v) is 8.24. The number of ether oxygens (including phenoxy) is 1. The SMILES string of the molecule is CNCC[C@@H](Oc1cccc(-n2nc3c(N(C)C)nnc(C)c3c2C)c1)c1ccccc1F. The van der Waals surface area contributed by atoms with Crippen LogP contribution in [0.15, 0.2) is 48.5 Å². The fraction of sp³-hybridized carbons (Fsp3) is 0.320. The molecule has 0 aliphatic rings. The van der Waals surface area contributed by atoms with E-state index in [1.54, 1.807) is 12.1 Å². The van der Waals surface area contributed by atoms with Gasteiger partial charge in [0.2, 0.25) is 0 Å². The molecule has 0 fully saturated rings. The molecule has 0 bridgehead atoms. The van der Waals surface area contributed by atoms with Crippen molar-refractivity contribution in [1.82, 2.24) is 25.3 Å². The summed E-state index contributed by atoms with van der Waals surface area (Å²) < 4.78 is 22.7. The molecule has 33 heavy (non-hydrogen) atoms. The van der Waals surface area contributed by atoms with Crippen LogP contribution in [0.2, 0.25) is 0 Å². The number of hydrogen-bond acceptors (Lipinski definition) is 6. The average Bonchev–Trinajstić information content (AvgIpc) is 3.15. The molecule has 0 unspecified atom stereocenters. The summed E-state index contributed by atoms with van der Waals surface area (Å²) in [5.74, 6) is 1.10. The molecule has 0 saturated heterocycles. The van der Waals surface area contributed by atoms with E-state index < -0.39 is 6.10 Å². The van der Waals surface area contributed by atoms with E-state index in [2.05, 4.69) is 15.5 Å². The predicted octanol–water partition coefficient (Wildman–Crippen LogP) is 4.37. The van der Waals surface area contributed by atoms with Gasteiger partial charge in [0.1, 0.15) is 23.2 Å². The van der Waals surface area contributed by atoms with Crippen LogP contribution in [0.4, 0.5) is 10.2 Å². The van der Waals surface area contributed by atoms with Crippen LogP contribution in [0, 0.1) is 19.7 Å². The van der Waals surface area contributed by atoms with Crippen molar-refractivity contribution in [2.75, 3.05) is 32.6 Å². The minimum absolute atomic E-state index is 0.268. The molecule has 1 N–H and O–H groups in total. The molecule has 0 amide bonds. The van der Waals surface area contributed by atoms with Gasteiger partial charge >= 0.3 is 0 Å². The van der Waals surface area contributed by atoms with Gasteiger partial charge in [-0.25, -0.2) is 9.07 Å². The summed E-state index contributed by atoms with van der Waals surface area (Å²) in [5, 5.41) is 17.6. The highest BCUT2D eigenvalue weighted by atomic mass is 19.1. The fourth-order valence-electron chi connectivity index (χ4n) is 4.01. The lowest BCUT2D eigenvalue weighted by Crippen LogP contribution is -2.17. The van der Waals surface area contributed by atoms with Crippen molar-refractivity contribution in [2.45, 2.75) is 26.4 Å². The molecule has 7 nitrogen and oxygen atoms in total. The van der Waals surface area contributed by atoms with Gasteiger partial charge in [0.25, 0.3) is 0 Å². The number of rotatable bonds is 8. The third-order valence-corrected chi connectivity index (χ3v) is 5.66. The van der Waals surface area contributed by atoms with E-state index in [-0.39, 0.29) is 5.82 Å². The van der Waals surface area contributed by atoms with Gasteiger partial charge in [-0.2, -0.15) is 10.2 Å². The zero-order valence-corrected chi connectivity index (χ0v) is 19.6. The topological polar surface area (TPSA) is 68.1 Å². The van der Waals surface area contributed by atoms with Gasteiger partial charge < -0.3 is 15.0 Å². The van der Waals surface area contributed by atoms with Crippen LogP contribution in [0.25, 0.3) is 16.6 Å². The van der Waals surface area contributed by atoms with Gasteiger partial charge in [-0.1, -0.05) is 24.3 Å². The maximum atomic E-state index is 14.5. The monoisotopic (exact) mass is 448 g/mol. The Hall–Kier alpha value is -3.52. The van der Waals surface area contributed by atoms with E-state index >= 15 is 0 Å². The maximum Gasteiger partial charge on any atom is 0.179 e. The number of hydrogen-bond donors (Lipinski definition) is 1. The van der Waals surface area contributed by atoms with E-state index in [4.69, 9.17) is 9.84 Å². The molecular formula is C25H29FN6O. The Balaban J connectivity index is 1.73. The molecule has 4 aromatic rings. The maximum absolute atomic E-state index is 14.5. The lowest BCUT2D eigenvalue weighted by atomic mass is 10.1. The number of anilines is 1. The van der Waals surface area contributed by atoms with E-state index in [9.17, 15) is 4.39 Å². The van der Waals surface area contributed by atoms with Gasteiger partial charge in [0.15, 0.2) is 5.82 Å². The lowest BCUT2D eigenvalue weighted by Gasteiger charge is -2.20. The van der Waals surface area contributed by atoms with Crippen molar-refractivity contribution in [2.24, 2.45) is 0 Å². The normalized spacial score (nSPS) is 12.2.